The number of benzene rings is 2. The van der Waals surface area contributed by atoms with E-state index in [4.69, 9.17) is 4.74 Å². The summed E-state index contributed by atoms with van der Waals surface area (Å²) in [5, 5.41) is 12.5. The SMILES string of the molecule is CC1CC(Oc2ccc(C(=O)N[C@H](C)C(=O)N3[C@H](c4cccc(F)c4)CC[C@@H]3C(C)(C)C#N)cc2)C(=O)NN1. The van der Waals surface area contributed by atoms with Crippen LogP contribution in [0, 0.1) is 22.6 Å². The third-order valence-corrected chi connectivity index (χ3v) is 7.41. The van der Waals surface area contributed by atoms with E-state index in [0.29, 0.717) is 36.1 Å². The molecule has 2 aliphatic rings. The monoisotopic (exact) mass is 535 g/mol. The molecule has 39 heavy (non-hydrogen) atoms. The van der Waals surface area contributed by atoms with Gasteiger partial charge >= 0.3 is 0 Å². The smallest absolute Gasteiger partial charge is 0.275 e. The molecule has 2 saturated heterocycles. The van der Waals surface area contributed by atoms with Crippen molar-refractivity contribution in [2.24, 2.45) is 5.41 Å². The summed E-state index contributed by atoms with van der Waals surface area (Å²) in [6, 6.07) is 13.2. The second-order valence-corrected chi connectivity index (χ2v) is 10.8. The Kier molecular flexibility index (Phi) is 8.21. The number of carbonyl (C=O) groups is 3. The van der Waals surface area contributed by atoms with Crippen molar-refractivity contribution in [1.82, 2.24) is 21.1 Å². The highest BCUT2D eigenvalue weighted by atomic mass is 19.1. The number of hydrogen-bond donors (Lipinski definition) is 3. The van der Waals surface area contributed by atoms with Gasteiger partial charge in [0.05, 0.1) is 23.6 Å². The van der Waals surface area contributed by atoms with Gasteiger partial charge in [0.15, 0.2) is 6.10 Å². The number of amides is 3. The molecule has 0 spiro atoms. The molecule has 2 aliphatic heterocycles. The van der Waals surface area contributed by atoms with Gasteiger partial charge in [-0.1, -0.05) is 12.1 Å². The van der Waals surface area contributed by atoms with Crippen LogP contribution in [0.25, 0.3) is 0 Å². The van der Waals surface area contributed by atoms with Gasteiger partial charge in [-0.25, -0.2) is 9.82 Å². The molecule has 9 nitrogen and oxygen atoms in total. The van der Waals surface area contributed by atoms with Gasteiger partial charge < -0.3 is 15.0 Å². The molecule has 0 radical (unpaired) electrons. The zero-order valence-corrected chi connectivity index (χ0v) is 22.5. The van der Waals surface area contributed by atoms with Crippen molar-refractivity contribution in [2.45, 2.75) is 77.2 Å². The highest BCUT2D eigenvalue weighted by Crippen LogP contribution is 2.43. The Morgan fingerprint density at radius 3 is 2.59 bits per heavy atom. The summed E-state index contributed by atoms with van der Waals surface area (Å²) >= 11 is 0. The number of hydrazine groups is 1. The standard InChI is InChI=1S/C29H34FN5O4/c1-17-14-24(27(37)34-33-17)39-22-10-8-19(9-11-22)26(36)32-18(2)28(38)35-23(20-6-5-7-21(30)15-20)12-13-25(35)29(3,4)16-31/h5-11,15,17-18,23-25,33H,12-14H2,1-4H3,(H,32,36)(H,34,37)/t17?,18-,23+,24?,25-/m1/s1. The fraction of sp³-hybridized carbons (Fsp3) is 0.448. The number of rotatable bonds is 7. The van der Waals surface area contributed by atoms with Gasteiger partial charge in [-0.3, -0.25) is 19.8 Å². The van der Waals surface area contributed by atoms with Crippen molar-refractivity contribution in [2.75, 3.05) is 0 Å². The van der Waals surface area contributed by atoms with Gasteiger partial charge in [-0.15, -0.1) is 0 Å². The number of carbonyl (C=O) groups excluding carboxylic acids is 3. The number of ether oxygens (including phenoxy) is 1. The summed E-state index contributed by atoms with van der Waals surface area (Å²) < 4.78 is 19.8. The van der Waals surface area contributed by atoms with Crippen molar-refractivity contribution in [3.8, 4) is 11.8 Å². The lowest BCUT2D eigenvalue weighted by molar-refractivity contribution is -0.137. The van der Waals surface area contributed by atoms with Crippen LogP contribution in [0.5, 0.6) is 5.75 Å². The Morgan fingerprint density at radius 1 is 1.21 bits per heavy atom. The maximum absolute atomic E-state index is 14.0. The van der Waals surface area contributed by atoms with Crippen LogP contribution in [0.1, 0.15) is 68.9 Å². The third-order valence-electron chi connectivity index (χ3n) is 7.41. The molecule has 2 unspecified atom stereocenters. The maximum Gasteiger partial charge on any atom is 0.275 e. The first-order chi connectivity index (χ1) is 18.5. The van der Waals surface area contributed by atoms with E-state index in [0.717, 1.165) is 0 Å². The molecule has 10 heteroatoms. The van der Waals surface area contributed by atoms with Crippen LogP contribution in [-0.4, -0.2) is 46.9 Å². The zero-order chi connectivity index (χ0) is 28.3. The molecule has 2 aromatic rings. The quantitative estimate of drug-likeness (QED) is 0.500. The molecule has 0 aliphatic carbocycles. The van der Waals surface area contributed by atoms with E-state index in [1.807, 2.05) is 6.92 Å². The van der Waals surface area contributed by atoms with Crippen LogP contribution in [-0.2, 0) is 9.59 Å². The third kappa shape index (κ3) is 6.20. The van der Waals surface area contributed by atoms with E-state index in [9.17, 15) is 24.0 Å². The molecule has 0 saturated carbocycles. The second-order valence-electron chi connectivity index (χ2n) is 10.8. The average Bonchev–Trinajstić information content (AvgIpc) is 3.37. The summed E-state index contributed by atoms with van der Waals surface area (Å²) in [6.45, 7) is 7.10. The summed E-state index contributed by atoms with van der Waals surface area (Å²) in [5.41, 5.74) is 5.57. The van der Waals surface area contributed by atoms with E-state index in [2.05, 4.69) is 22.2 Å². The Bertz CT molecular complexity index is 1280. The minimum atomic E-state index is -0.889. The van der Waals surface area contributed by atoms with Gasteiger partial charge in [-0.05, 0) is 82.5 Å². The summed E-state index contributed by atoms with van der Waals surface area (Å²) in [7, 11) is 0. The van der Waals surface area contributed by atoms with Gasteiger partial charge in [0.2, 0.25) is 5.91 Å². The number of halogens is 1. The molecular weight excluding hydrogens is 501 g/mol. The van der Waals surface area contributed by atoms with Gasteiger partial charge in [0.1, 0.15) is 17.6 Å². The molecule has 4 rings (SSSR count). The summed E-state index contributed by atoms with van der Waals surface area (Å²) in [6.07, 6.45) is 1.03. The molecule has 2 fully saturated rings. The van der Waals surface area contributed by atoms with E-state index in [1.54, 1.807) is 62.1 Å². The Morgan fingerprint density at radius 2 is 1.92 bits per heavy atom. The first-order valence-corrected chi connectivity index (χ1v) is 13.1. The largest absolute Gasteiger partial charge is 0.480 e. The van der Waals surface area contributed by atoms with E-state index >= 15 is 0 Å². The Hall–Kier alpha value is -3.97. The zero-order valence-electron chi connectivity index (χ0n) is 22.5. The maximum atomic E-state index is 14.0. The van der Waals surface area contributed by atoms with Gasteiger partial charge in [0.25, 0.3) is 11.8 Å². The molecule has 5 atom stereocenters. The van der Waals surface area contributed by atoms with Gasteiger partial charge in [-0.2, -0.15) is 5.26 Å². The topological polar surface area (TPSA) is 124 Å². The fourth-order valence-corrected chi connectivity index (χ4v) is 5.22. The summed E-state index contributed by atoms with van der Waals surface area (Å²) in [5.74, 6) is -1.00. The number of nitriles is 1. The number of likely N-dealkylation sites (tertiary alicyclic amines) is 1. The van der Waals surface area contributed by atoms with Crippen LogP contribution in [0.4, 0.5) is 4.39 Å². The summed E-state index contributed by atoms with van der Waals surface area (Å²) in [4.78, 5) is 40.4. The van der Waals surface area contributed by atoms with Crippen molar-refractivity contribution in [3.63, 3.8) is 0 Å². The van der Waals surface area contributed by atoms with Crippen LogP contribution in [0.15, 0.2) is 48.5 Å². The molecule has 3 amide bonds. The van der Waals surface area contributed by atoms with E-state index in [-0.39, 0.29) is 17.9 Å². The lowest BCUT2D eigenvalue weighted by Crippen LogP contribution is -2.56. The molecule has 0 bridgehead atoms. The molecule has 0 aromatic heterocycles. The normalized spacial score (nSPS) is 23.9. The first-order valence-electron chi connectivity index (χ1n) is 13.1. The highest BCUT2D eigenvalue weighted by Gasteiger charge is 2.46. The number of nitrogens with one attached hydrogen (secondary N) is 3. The molecule has 3 N–H and O–H groups in total. The van der Waals surface area contributed by atoms with Crippen LogP contribution in [0.3, 0.4) is 0 Å². The lowest BCUT2D eigenvalue weighted by Gasteiger charge is -2.38. The number of nitrogens with zero attached hydrogens (tertiary/aromatic N) is 2. The predicted molar refractivity (Wildman–Crippen MR) is 142 cm³/mol. The lowest BCUT2D eigenvalue weighted by atomic mass is 9.84. The minimum Gasteiger partial charge on any atom is -0.480 e. The van der Waals surface area contributed by atoms with Crippen LogP contribution in [0.2, 0.25) is 0 Å². The predicted octanol–water partition coefficient (Wildman–Crippen LogP) is 3.39. The second kappa shape index (κ2) is 11.4. The van der Waals surface area contributed by atoms with Crippen LogP contribution < -0.4 is 20.9 Å². The van der Waals surface area contributed by atoms with Gasteiger partial charge in [0, 0.05) is 18.0 Å². The van der Waals surface area contributed by atoms with Crippen molar-refractivity contribution in [1.29, 1.82) is 5.26 Å². The first kappa shape index (κ1) is 28.0. The van der Waals surface area contributed by atoms with E-state index < -0.39 is 41.4 Å². The van der Waals surface area contributed by atoms with Crippen molar-refractivity contribution < 1.29 is 23.5 Å². The molecule has 2 aromatic carbocycles. The molecular formula is C29H34FN5O4. The molecule has 2 heterocycles. The van der Waals surface area contributed by atoms with Crippen LogP contribution >= 0.6 is 0 Å². The highest BCUT2D eigenvalue weighted by molar-refractivity contribution is 5.97. The number of hydrogen-bond acceptors (Lipinski definition) is 6. The van der Waals surface area contributed by atoms with Crippen molar-refractivity contribution >= 4 is 17.7 Å². The minimum absolute atomic E-state index is 0.0613. The van der Waals surface area contributed by atoms with Crippen molar-refractivity contribution in [3.05, 3.63) is 65.5 Å². The Labute approximate surface area is 227 Å². The average molecular weight is 536 g/mol. The Balaban J connectivity index is 1.46. The van der Waals surface area contributed by atoms with E-state index in [1.165, 1.54) is 12.1 Å². The fourth-order valence-electron chi connectivity index (χ4n) is 5.22. The molecule has 206 valence electrons.